The number of benzene rings is 2. The van der Waals surface area contributed by atoms with E-state index < -0.39 is 10.0 Å². The second-order valence-electron chi connectivity index (χ2n) is 7.61. The molecule has 1 atom stereocenters. The maximum absolute atomic E-state index is 12.9. The third-order valence-corrected chi connectivity index (χ3v) is 7.84. The molecule has 1 fully saturated rings. The van der Waals surface area contributed by atoms with Gasteiger partial charge in [0.1, 0.15) is 11.5 Å². The number of para-hydroxylation sites is 1. The molecule has 0 saturated carbocycles. The van der Waals surface area contributed by atoms with Gasteiger partial charge in [-0.05, 0) is 54.9 Å². The topological polar surface area (TPSA) is 61.9 Å². The van der Waals surface area contributed by atoms with E-state index in [1.807, 2.05) is 41.8 Å². The van der Waals surface area contributed by atoms with Crippen LogP contribution in [-0.4, -0.2) is 58.0 Å². The summed E-state index contributed by atoms with van der Waals surface area (Å²) in [6, 6.07) is 20.1. The van der Waals surface area contributed by atoms with E-state index >= 15 is 0 Å². The van der Waals surface area contributed by atoms with Gasteiger partial charge in [-0.25, -0.2) is 13.1 Å². The molecule has 8 heteroatoms. The Hall–Kier alpha value is -2.23. The molecule has 1 saturated heterocycles. The van der Waals surface area contributed by atoms with Crippen LogP contribution in [0.25, 0.3) is 0 Å². The molecule has 0 amide bonds. The van der Waals surface area contributed by atoms with Crippen LogP contribution in [0.2, 0.25) is 0 Å². The number of hydrogen-bond donors (Lipinski definition) is 1. The summed E-state index contributed by atoms with van der Waals surface area (Å²) in [5.74, 6) is 1.31. The van der Waals surface area contributed by atoms with Crippen molar-refractivity contribution in [3.05, 3.63) is 77.0 Å². The Morgan fingerprint density at radius 1 is 0.935 bits per heavy atom. The SMILES string of the molecule is CN1CCN(C(CNS(=O)(=O)c2ccc(Oc3ccccc3)cc2)c2cccs2)CC1. The Labute approximate surface area is 188 Å². The highest BCUT2D eigenvalue weighted by Gasteiger charge is 2.26. The third-order valence-electron chi connectivity index (χ3n) is 5.43. The van der Waals surface area contributed by atoms with Crippen molar-refractivity contribution >= 4 is 21.4 Å². The summed E-state index contributed by atoms with van der Waals surface area (Å²) in [4.78, 5) is 6.08. The van der Waals surface area contributed by atoms with Gasteiger partial charge in [-0.15, -0.1) is 11.3 Å². The van der Waals surface area contributed by atoms with Crippen LogP contribution in [0.3, 0.4) is 0 Å². The minimum absolute atomic E-state index is 0.0316. The van der Waals surface area contributed by atoms with Crippen molar-refractivity contribution in [1.82, 2.24) is 14.5 Å². The Morgan fingerprint density at radius 3 is 2.26 bits per heavy atom. The number of nitrogens with one attached hydrogen (secondary N) is 1. The quantitative estimate of drug-likeness (QED) is 0.557. The number of hydrogen-bond acceptors (Lipinski definition) is 6. The fourth-order valence-corrected chi connectivity index (χ4v) is 5.51. The van der Waals surface area contributed by atoms with Crippen LogP contribution in [0.5, 0.6) is 11.5 Å². The van der Waals surface area contributed by atoms with Crippen molar-refractivity contribution in [2.24, 2.45) is 0 Å². The minimum atomic E-state index is -3.62. The molecule has 1 N–H and O–H groups in total. The summed E-state index contributed by atoms with van der Waals surface area (Å²) >= 11 is 1.67. The molecule has 1 aromatic heterocycles. The number of nitrogens with zero attached hydrogens (tertiary/aromatic N) is 2. The first-order valence-electron chi connectivity index (χ1n) is 10.3. The van der Waals surface area contributed by atoms with Crippen molar-refractivity contribution in [1.29, 1.82) is 0 Å². The van der Waals surface area contributed by atoms with Crippen LogP contribution in [0.15, 0.2) is 77.0 Å². The molecule has 4 rings (SSSR count). The molecule has 0 radical (unpaired) electrons. The van der Waals surface area contributed by atoms with E-state index in [4.69, 9.17) is 4.74 Å². The molecule has 164 valence electrons. The summed E-state index contributed by atoms with van der Waals surface area (Å²) in [7, 11) is -1.51. The summed E-state index contributed by atoms with van der Waals surface area (Å²) in [5.41, 5.74) is 0. The second kappa shape index (κ2) is 9.93. The van der Waals surface area contributed by atoms with Gasteiger partial charge in [0.05, 0.1) is 10.9 Å². The lowest BCUT2D eigenvalue weighted by Gasteiger charge is -2.37. The predicted molar refractivity (Wildman–Crippen MR) is 124 cm³/mol. The van der Waals surface area contributed by atoms with Gasteiger partial charge in [0.15, 0.2) is 0 Å². The highest BCUT2D eigenvalue weighted by Crippen LogP contribution is 2.27. The van der Waals surface area contributed by atoms with Crippen LogP contribution >= 0.6 is 11.3 Å². The lowest BCUT2D eigenvalue weighted by Crippen LogP contribution is -2.48. The van der Waals surface area contributed by atoms with Crippen molar-refractivity contribution in [2.45, 2.75) is 10.9 Å². The zero-order valence-corrected chi connectivity index (χ0v) is 19.1. The van der Waals surface area contributed by atoms with Crippen LogP contribution in [0.4, 0.5) is 0 Å². The first-order valence-corrected chi connectivity index (χ1v) is 12.7. The molecule has 1 aliphatic heterocycles. The first-order chi connectivity index (χ1) is 15.0. The summed E-state index contributed by atoms with van der Waals surface area (Å²) < 4.78 is 34.5. The normalized spacial score (nSPS) is 16.8. The molecule has 1 unspecified atom stereocenters. The molecule has 1 aliphatic rings. The van der Waals surface area contributed by atoms with E-state index in [0.29, 0.717) is 18.0 Å². The van der Waals surface area contributed by atoms with Crippen LogP contribution in [-0.2, 0) is 10.0 Å². The van der Waals surface area contributed by atoms with E-state index in [1.165, 1.54) is 4.88 Å². The van der Waals surface area contributed by atoms with Gasteiger partial charge in [0.2, 0.25) is 10.0 Å². The number of rotatable bonds is 8. The average Bonchev–Trinajstić information content (AvgIpc) is 3.31. The fourth-order valence-electron chi connectivity index (χ4n) is 3.61. The van der Waals surface area contributed by atoms with E-state index in [1.54, 1.807) is 35.6 Å². The lowest BCUT2D eigenvalue weighted by molar-refractivity contribution is 0.114. The van der Waals surface area contributed by atoms with E-state index in [9.17, 15) is 8.42 Å². The average molecular weight is 458 g/mol. The fraction of sp³-hybridized carbons (Fsp3) is 0.304. The van der Waals surface area contributed by atoms with Gasteiger partial charge in [0.25, 0.3) is 0 Å². The van der Waals surface area contributed by atoms with Gasteiger partial charge < -0.3 is 9.64 Å². The minimum Gasteiger partial charge on any atom is -0.457 e. The van der Waals surface area contributed by atoms with Crippen LogP contribution in [0, 0.1) is 0 Å². The molecular formula is C23H27N3O3S2. The molecule has 2 aromatic carbocycles. The zero-order valence-electron chi connectivity index (χ0n) is 17.5. The summed E-state index contributed by atoms with van der Waals surface area (Å²) in [6.45, 7) is 4.16. The summed E-state index contributed by atoms with van der Waals surface area (Å²) in [6.07, 6.45) is 0. The maximum atomic E-state index is 12.9. The third kappa shape index (κ3) is 5.72. The Kier molecular flexibility index (Phi) is 7.04. The number of ether oxygens (including phenoxy) is 1. The largest absolute Gasteiger partial charge is 0.457 e. The van der Waals surface area contributed by atoms with E-state index in [-0.39, 0.29) is 10.9 Å². The Balaban J connectivity index is 1.43. The monoisotopic (exact) mass is 457 g/mol. The van der Waals surface area contributed by atoms with Crippen molar-refractivity contribution in [3.63, 3.8) is 0 Å². The van der Waals surface area contributed by atoms with Crippen LogP contribution < -0.4 is 9.46 Å². The number of piperazine rings is 1. The van der Waals surface area contributed by atoms with E-state index in [0.717, 1.165) is 26.2 Å². The molecule has 3 aromatic rings. The standard InChI is InChI=1S/C23H27N3O3S2/c1-25-13-15-26(16-14-25)22(23-8-5-17-30-23)18-24-31(27,28)21-11-9-20(10-12-21)29-19-6-3-2-4-7-19/h2-12,17,22,24H,13-16,18H2,1H3. The number of sulfonamides is 1. The number of thiophene rings is 1. The lowest BCUT2D eigenvalue weighted by atomic mass is 10.2. The van der Waals surface area contributed by atoms with Gasteiger partial charge >= 0.3 is 0 Å². The second-order valence-corrected chi connectivity index (χ2v) is 10.4. The molecule has 6 nitrogen and oxygen atoms in total. The Morgan fingerprint density at radius 2 is 1.61 bits per heavy atom. The van der Waals surface area contributed by atoms with E-state index in [2.05, 4.69) is 27.6 Å². The van der Waals surface area contributed by atoms with Gasteiger partial charge in [-0.2, -0.15) is 0 Å². The smallest absolute Gasteiger partial charge is 0.240 e. The van der Waals surface area contributed by atoms with Gasteiger partial charge in [-0.3, -0.25) is 4.90 Å². The maximum Gasteiger partial charge on any atom is 0.240 e. The molecule has 0 bridgehead atoms. The first kappa shape index (κ1) is 22.0. The highest BCUT2D eigenvalue weighted by molar-refractivity contribution is 7.89. The molecular weight excluding hydrogens is 430 g/mol. The van der Waals surface area contributed by atoms with Crippen molar-refractivity contribution in [2.75, 3.05) is 39.8 Å². The Bertz CT molecular complexity index is 1050. The molecule has 31 heavy (non-hydrogen) atoms. The number of likely N-dealkylation sites (N-methyl/N-ethyl adjacent to an activating group) is 1. The van der Waals surface area contributed by atoms with Gasteiger partial charge in [-0.1, -0.05) is 24.3 Å². The molecule has 0 spiro atoms. The van der Waals surface area contributed by atoms with Crippen molar-refractivity contribution in [3.8, 4) is 11.5 Å². The molecule has 0 aliphatic carbocycles. The van der Waals surface area contributed by atoms with Crippen LogP contribution in [0.1, 0.15) is 10.9 Å². The molecule has 2 heterocycles. The highest BCUT2D eigenvalue weighted by atomic mass is 32.2. The van der Waals surface area contributed by atoms with Crippen molar-refractivity contribution < 1.29 is 13.2 Å². The zero-order chi connectivity index (χ0) is 21.7. The van der Waals surface area contributed by atoms with Gasteiger partial charge in [0, 0.05) is 37.6 Å². The predicted octanol–water partition coefficient (Wildman–Crippen LogP) is 3.81. The summed E-state index contributed by atoms with van der Waals surface area (Å²) in [5, 5.41) is 2.04.